The van der Waals surface area contributed by atoms with Crippen molar-refractivity contribution < 1.29 is 19.1 Å². The van der Waals surface area contributed by atoms with Crippen LogP contribution in [0.3, 0.4) is 0 Å². The highest BCUT2D eigenvalue weighted by Gasteiger charge is 2.58. The number of amidine groups is 1. The fourth-order valence-corrected chi connectivity index (χ4v) is 6.48. The van der Waals surface area contributed by atoms with Gasteiger partial charge in [0.25, 0.3) is 0 Å². The molecular weight excluding hydrogens is 458 g/mol. The van der Waals surface area contributed by atoms with Crippen LogP contribution in [-0.4, -0.2) is 35.1 Å². The number of nitriles is 1. The number of primary amides is 1. The summed E-state index contributed by atoms with van der Waals surface area (Å²) in [5.41, 5.74) is 4.54. The highest BCUT2D eigenvalue weighted by Crippen LogP contribution is 2.60. The summed E-state index contributed by atoms with van der Waals surface area (Å²) in [5, 5.41) is 15.7. The average Bonchev–Trinajstić information content (AvgIpc) is 2.74. The zero-order chi connectivity index (χ0) is 26.3. The maximum Gasteiger partial charge on any atom is 0.412 e. The van der Waals surface area contributed by atoms with Crippen molar-refractivity contribution in [1.29, 1.82) is 5.26 Å². The van der Waals surface area contributed by atoms with Gasteiger partial charge in [0.1, 0.15) is 11.4 Å². The van der Waals surface area contributed by atoms with Gasteiger partial charge in [0.05, 0.1) is 0 Å². The van der Waals surface area contributed by atoms with Gasteiger partial charge in [-0.1, -0.05) is 0 Å². The van der Waals surface area contributed by atoms with Crippen molar-refractivity contribution in [3.63, 3.8) is 0 Å². The van der Waals surface area contributed by atoms with Gasteiger partial charge in [-0.05, 0) is 109 Å². The van der Waals surface area contributed by atoms with Crippen LogP contribution in [0.4, 0.5) is 10.5 Å². The number of nitrogens with one attached hydrogen (secondary N) is 2. The first-order valence-electron chi connectivity index (χ1n) is 12.6. The molecule has 194 valence electrons. The molecule has 0 radical (unpaired) electrons. The summed E-state index contributed by atoms with van der Waals surface area (Å²) in [6.45, 7) is 9.14. The van der Waals surface area contributed by atoms with Gasteiger partial charge in [-0.25, -0.2) is 4.79 Å². The lowest BCUT2D eigenvalue weighted by atomic mass is 9.47. The number of amides is 2. The maximum atomic E-state index is 12.3. The molecule has 2 amide bonds. The number of hydrogen-bond donors (Lipinski definition) is 3. The van der Waals surface area contributed by atoms with E-state index < -0.39 is 17.3 Å². The Hall–Kier alpha value is -3.28. The van der Waals surface area contributed by atoms with Gasteiger partial charge in [0.2, 0.25) is 12.1 Å². The molecule has 2 unspecified atom stereocenters. The normalized spacial score (nSPS) is 29.3. The summed E-state index contributed by atoms with van der Waals surface area (Å²) in [5.74, 6) is 2.05. The van der Waals surface area contributed by atoms with Gasteiger partial charge >= 0.3 is 6.09 Å². The number of nitrogens with zero attached hydrogens (tertiary/aromatic N) is 2. The molecule has 1 aromatic carbocycles. The van der Waals surface area contributed by atoms with E-state index in [4.69, 9.17) is 15.2 Å². The van der Waals surface area contributed by atoms with Gasteiger partial charge in [0, 0.05) is 17.1 Å². The molecule has 4 bridgehead atoms. The molecule has 0 spiro atoms. The first kappa shape index (κ1) is 25.8. The number of carbonyl (C=O) groups excluding carboxylic acids is 2. The van der Waals surface area contributed by atoms with E-state index in [-0.39, 0.29) is 17.4 Å². The van der Waals surface area contributed by atoms with Gasteiger partial charge in [-0.2, -0.15) is 10.3 Å². The Morgan fingerprint density at radius 3 is 2.22 bits per heavy atom. The monoisotopic (exact) mass is 495 g/mol. The summed E-state index contributed by atoms with van der Waals surface area (Å²) in [7, 11) is 0. The van der Waals surface area contributed by atoms with E-state index in [9.17, 15) is 14.9 Å². The van der Waals surface area contributed by atoms with Crippen molar-refractivity contribution in [2.24, 2.45) is 33.9 Å². The Kier molecular flexibility index (Phi) is 6.67. The number of carbonyl (C=O) groups is 2. The molecule has 4 saturated carbocycles. The van der Waals surface area contributed by atoms with Gasteiger partial charge in [-0.15, -0.1) is 0 Å². The van der Waals surface area contributed by atoms with E-state index in [1.807, 2.05) is 20.0 Å². The smallest absolute Gasteiger partial charge is 0.412 e. The van der Waals surface area contributed by atoms with Crippen molar-refractivity contribution in [2.75, 3.05) is 5.32 Å². The Balaban J connectivity index is 1.43. The van der Waals surface area contributed by atoms with Crippen LogP contribution in [0.2, 0.25) is 0 Å². The predicted octanol–water partition coefficient (Wildman–Crippen LogP) is 4.34. The van der Waals surface area contributed by atoms with Crippen LogP contribution in [0, 0.1) is 34.6 Å². The molecule has 4 aliphatic carbocycles. The lowest BCUT2D eigenvalue weighted by molar-refractivity contribution is -0.145. The molecular formula is C27H37N5O4. The van der Waals surface area contributed by atoms with Crippen LogP contribution in [0.5, 0.6) is 5.75 Å². The zero-order valence-electron chi connectivity index (χ0n) is 21.8. The minimum absolute atomic E-state index is 0.129. The van der Waals surface area contributed by atoms with E-state index in [1.165, 1.54) is 0 Å². The molecule has 0 aliphatic heterocycles. The quantitative estimate of drug-likeness (QED) is 0.305. The third kappa shape index (κ3) is 5.43. The molecule has 9 heteroatoms. The lowest BCUT2D eigenvalue weighted by Crippen LogP contribution is -2.64. The Labute approximate surface area is 212 Å². The van der Waals surface area contributed by atoms with Crippen molar-refractivity contribution in [3.8, 4) is 11.9 Å². The van der Waals surface area contributed by atoms with Crippen LogP contribution < -0.4 is 21.1 Å². The van der Waals surface area contributed by atoms with Gasteiger partial charge < -0.3 is 20.5 Å². The number of anilines is 1. The first-order valence-corrected chi connectivity index (χ1v) is 12.6. The average molecular weight is 496 g/mol. The number of rotatable bonds is 6. The minimum atomic E-state index is -0.911. The second-order valence-corrected chi connectivity index (χ2v) is 12.1. The maximum absolute atomic E-state index is 12.3. The fraction of sp³-hybridized carbons (Fsp3) is 0.630. The number of benzene rings is 1. The molecule has 0 heterocycles. The molecule has 5 rings (SSSR count). The third-order valence-corrected chi connectivity index (χ3v) is 7.70. The number of nitrogens with two attached hydrogens (primary N) is 1. The topological polar surface area (TPSA) is 139 Å². The molecule has 4 fully saturated rings. The van der Waals surface area contributed by atoms with Crippen LogP contribution in [-0.2, 0) is 9.53 Å². The van der Waals surface area contributed by atoms with E-state index in [0.717, 1.165) is 32.1 Å². The second-order valence-electron chi connectivity index (χ2n) is 12.1. The highest BCUT2D eigenvalue weighted by atomic mass is 16.6. The minimum Gasteiger partial charge on any atom is -0.480 e. The summed E-state index contributed by atoms with van der Waals surface area (Å²) in [4.78, 5) is 28.4. The molecule has 2 atom stereocenters. The highest BCUT2D eigenvalue weighted by molar-refractivity contribution is 5.91. The standard InChI is InChI=1S/C27H37N5O4/c1-25(2,3)36-24(34)31-19-6-8-20(9-7-19)35-26(4,5)23(30-15-28)32-21-17-10-16-11-18(21)14-27(12-16,13-17)22(29)33/h6-9,16-18,21H,10-14H2,1-5H3,(H2,29,33)(H,30,32)(H,31,34). The molecule has 0 aromatic heterocycles. The summed E-state index contributed by atoms with van der Waals surface area (Å²) < 4.78 is 11.5. The van der Waals surface area contributed by atoms with Crippen molar-refractivity contribution in [3.05, 3.63) is 24.3 Å². The summed E-state index contributed by atoms with van der Waals surface area (Å²) in [6, 6.07) is 7.08. The predicted molar refractivity (Wildman–Crippen MR) is 136 cm³/mol. The van der Waals surface area contributed by atoms with E-state index in [0.29, 0.717) is 35.0 Å². The van der Waals surface area contributed by atoms with E-state index in [1.54, 1.807) is 45.0 Å². The largest absolute Gasteiger partial charge is 0.480 e. The Morgan fingerprint density at radius 1 is 1.08 bits per heavy atom. The first-order chi connectivity index (χ1) is 16.8. The third-order valence-electron chi connectivity index (χ3n) is 7.70. The van der Waals surface area contributed by atoms with Gasteiger partial charge in [0.15, 0.2) is 11.4 Å². The Morgan fingerprint density at radius 2 is 1.69 bits per heavy atom. The van der Waals surface area contributed by atoms with Gasteiger partial charge in [-0.3, -0.25) is 10.1 Å². The van der Waals surface area contributed by atoms with Crippen LogP contribution >= 0.6 is 0 Å². The SMILES string of the molecule is CC(C)(C)OC(=O)Nc1ccc(OC(C)(C)/C(=N\C#N)NC2C3CC4CC2CC(C(N)=O)(C4)C3)cc1. The summed E-state index contributed by atoms with van der Waals surface area (Å²) in [6.07, 6.45) is 6.01. The number of ether oxygens (including phenoxy) is 2. The number of aliphatic imine (C=N–C) groups is 1. The molecule has 4 aliphatic rings. The van der Waals surface area contributed by atoms with Crippen molar-refractivity contribution >= 4 is 23.5 Å². The molecule has 1 aromatic rings. The van der Waals surface area contributed by atoms with E-state index in [2.05, 4.69) is 15.6 Å². The zero-order valence-corrected chi connectivity index (χ0v) is 21.8. The summed E-state index contributed by atoms with van der Waals surface area (Å²) >= 11 is 0. The number of hydrogen-bond acceptors (Lipinski definition) is 6. The second kappa shape index (κ2) is 9.30. The van der Waals surface area contributed by atoms with E-state index >= 15 is 0 Å². The van der Waals surface area contributed by atoms with Crippen LogP contribution in [0.25, 0.3) is 0 Å². The fourth-order valence-electron chi connectivity index (χ4n) is 6.48. The Bertz CT molecular complexity index is 1070. The van der Waals surface area contributed by atoms with Crippen molar-refractivity contribution in [2.45, 2.75) is 84.0 Å². The molecule has 36 heavy (non-hydrogen) atoms. The molecule has 9 nitrogen and oxygen atoms in total. The lowest BCUT2D eigenvalue weighted by Gasteiger charge is -2.59. The molecule has 4 N–H and O–H groups in total. The van der Waals surface area contributed by atoms with Crippen LogP contribution in [0.15, 0.2) is 29.3 Å². The molecule has 0 saturated heterocycles. The van der Waals surface area contributed by atoms with Crippen LogP contribution in [0.1, 0.15) is 66.7 Å². The van der Waals surface area contributed by atoms with Crippen molar-refractivity contribution in [1.82, 2.24) is 5.32 Å².